The molecule has 136 valence electrons. The van der Waals surface area contributed by atoms with Crippen LogP contribution in [-0.4, -0.2) is 18.7 Å². The maximum absolute atomic E-state index is 4.75. The van der Waals surface area contributed by atoms with Crippen LogP contribution in [0.2, 0.25) is 0 Å². The minimum atomic E-state index is 0.630. The van der Waals surface area contributed by atoms with Crippen molar-refractivity contribution in [3.8, 4) is 22.3 Å². The van der Waals surface area contributed by atoms with Crippen LogP contribution in [-0.2, 0) is 0 Å². The summed E-state index contributed by atoms with van der Waals surface area (Å²) in [5.74, 6) is 0.800. The van der Waals surface area contributed by atoms with Crippen molar-refractivity contribution >= 4 is 28.5 Å². The smallest absolute Gasteiger partial charge is 0.160 e. The van der Waals surface area contributed by atoms with E-state index in [0.29, 0.717) is 6.54 Å². The van der Waals surface area contributed by atoms with Gasteiger partial charge in [-0.2, -0.15) is 0 Å². The third-order valence-corrected chi connectivity index (χ3v) is 5.61. The van der Waals surface area contributed by atoms with Gasteiger partial charge in [0.05, 0.1) is 11.9 Å². The number of nitrogens with zero attached hydrogens (tertiary/aromatic N) is 3. The molecule has 0 radical (unpaired) electrons. The van der Waals surface area contributed by atoms with E-state index in [1.54, 1.807) is 6.34 Å². The van der Waals surface area contributed by atoms with E-state index in [4.69, 9.17) is 4.99 Å². The molecule has 6 rings (SSSR count). The van der Waals surface area contributed by atoms with Gasteiger partial charge in [0.1, 0.15) is 6.34 Å². The highest BCUT2D eigenvalue weighted by atomic mass is 15.0. The zero-order chi connectivity index (χ0) is 19.2. The number of hydrogen-bond donors (Lipinski definition) is 0. The maximum atomic E-state index is 4.75. The molecule has 4 aromatic carbocycles. The van der Waals surface area contributed by atoms with Crippen LogP contribution in [0.25, 0.3) is 38.6 Å². The number of aliphatic imine (C=N–C) groups is 2. The SMILES string of the molecule is C1=NCC2=c3c(ccc4c(-c5ccccc5)cc(-c5ccccc5)cc34)=NC2=N1. The molecule has 2 heterocycles. The van der Waals surface area contributed by atoms with Crippen molar-refractivity contribution in [3.05, 3.63) is 95.5 Å². The fourth-order valence-corrected chi connectivity index (χ4v) is 4.26. The fraction of sp³-hybridized carbons (Fsp3) is 0.0385. The van der Waals surface area contributed by atoms with Crippen LogP contribution < -0.4 is 10.6 Å². The molecule has 0 bridgehead atoms. The number of fused-ring (bicyclic) bond motifs is 4. The molecule has 0 aliphatic carbocycles. The summed E-state index contributed by atoms with van der Waals surface area (Å²) >= 11 is 0. The molecule has 2 aliphatic heterocycles. The van der Waals surface area contributed by atoms with Crippen molar-refractivity contribution in [2.24, 2.45) is 15.0 Å². The minimum Gasteiger partial charge on any atom is -0.268 e. The van der Waals surface area contributed by atoms with Gasteiger partial charge in [-0.05, 0) is 51.2 Å². The second kappa shape index (κ2) is 6.35. The molecule has 29 heavy (non-hydrogen) atoms. The first kappa shape index (κ1) is 16.1. The molecule has 0 amide bonds. The molecule has 0 spiro atoms. The number of benzene rings is 4. The van der Waals surface area contributed by atoms with Crippen molar-refractivity contribution in [3.63, 3.8) is 0 Å². The van der Waals surface area contributed by atoms with Gasteiger partial charge >= 0.3 is 0 Å². The lowest BCUT2D eigenvalue weighted by Crippen LogP contribution is -2.25. The lowest BCUT2D eigenvalue weighted by molar-refractivity contribution is 1.26. The van der Waals surface area contributed by atoms with E-state index in [9.17, 15) is 0 Å². The summed E-state index contributed by atoms with van der Waals surface area (Å²) < 4.78 is 0. The molecule has 0 saturated heterocycles. The topological polar surface area (TPSA) is 37.1 Å². The molecular weight excluding hydrogens is 354 g/mol. The van der Waals surface area contributed by atoms with Gasteiger partial charge in [0.2, 0.25) is 0 Å². The number of amidine groups is 1. The molecule has 0 N–H and O–H groups in total. The van der Waals surface area contributed by atoms with Crippen LogP contribution in [0.15, 0.2) is 99.9 Å². The second-order valence-electron chi connectivity index (χ2n) is 7.31. The van der Waals surface area contributed by atoms with E-state index >= 15 is 0 Å². The maximum Gasteiger partial charge on any atom is 0.160 e. The Kier molecular flexibility index (Phi) is 3.53. The van der Waals surface area contributed by atoms with Crippen molar-refractivity contribution in [2.45, 2.75) is 0 Å². The van der Waals surface area contributed by atoms with E-state index in [2.05, 4.69) is 94.9 Å². The average molecular weight is 371 g/mol. The van der Waals surface area contributed by atoms with Crippen LogP contribution in [0.5, 0.6) is 0 Å². The summed E-state index contributed by atoms with van der Waals surface area (Å²) in [6, 6.07) is 30.0. The van der Waals surface area contributed by atoms with E-state index in [1.165, 1.54) is 38.2 Å². The van der Waals surface area contributed by atoms with Crippen LogP contribution >= 0.6 is 0 Å². The van der Waals surface area contributed by atoms with Gasteiger partial charge in [-0.1, -0.05) is 66.7 Å². The van der Waals surface area contributed by atoms with Crippen LogP contribution in [0.4, 0.5) is 0 Å². The van der Waals surface area contributed by atoms with E-state index in [1.807, 2.05) is 0 Å². The Morgan fingerprint density at radius 2 is 1.41 bits per heavy atom. The third-order valence-electron chi connectivity index (χ3n) is 5.61. The van der Waals surface area contributed by atoms with Gasteiger partial charge in [-0.25, -0.2) is 9.98 Å². The van der Waals surface area contributed by atoms with Gasteiger partial charge in [0.25, 0.3) is 0 Å². The molecule has 0 fully saturated rings. The largest absolute Gasteiger partial charge is 0.268 e. The summed E-state index contributed by atoms with van der Waals surface area (Å²) in [4.78, 5) is 13.5. The van der Waals surface area contributed by atoms with Crippen molar-refractivity contribution in [2.75, 3.05) is 6.54 Å². The van der Waals surface area contributed by atoms with Gasteiger partial charge in [-0.15, -0.1) is 0 Å². The second-order valence-corrected chi connectivity index (χ2v) is 7.31. The van der Waals surface area contributed by atoms with Crippen molar-refractivity contribution < 1.29 is 0 Å². The van der Waals surface area contributed by atoms with Gasteiger partial charge in [0.15, 0.2) is 5.84 Å². The quantitative estimate of drug-likeness (QED) is 0.501. The minimum absolute atomic E-state index is 0.630. The normalized spacial score (nSPS) is 14.3. The number of rotatable bonds is 2. The highest BCUT2D eigenvalue weighted by Crippen LogP contribution is 2.33. The highest BCUT2D eigenvalue weighted by Gasteiger charge is 2.19. The number of hydrogen-bond acceptors (Lipinski definition) is 3. The summed E-state index contributed by atoms with van der Waals surface area (Å²) in [6.45, 7) is 0.630. The Morgan fingerprint density at radius 3 is 2.21 bits per heavy atom. The first-order valence-electron chi connectivity index (χ1n) is 9.74. The summed E-state index contributed by atoms with van der Waals surface area (Å²) in [7, 11) is 0. The molecule has 3 heteroatoms. The zero-order valence-electron chi connectivity index (χ0n) is 15.7. The first-order valence-corrected chi connectivity index (χ1v) is 9.74. The van der Waals surface area contributed by atoms with Gasteiger partial charge in [-0.3, -0.25) is 4.99 Å². The van der Waals surface area contributed by atoms with Crippen LogP contribution in [0.3, 0.4) is 0 Å². The van der Waals surface area contributed by atoms with Crippen LogP contribution in [0, 0.1) is 0 Å². The van der Waals surface area contributed by atoms with E-state index in [0.717, 1.165) is 16.8 Å². The lowest BCUT2D eigenvalue weighted by Gasteiger charge is -2.12. The first-order chi connectivity index (χ1) is 14.4. The highest BCUT2D eigenvalue weighted by molar-refractivity contribution is 6.24. The zero-order valence-corrected chi connectivity index (χ0v) is 15.7. The predicted molar refractivity (Wildman–Crippen MR) is 120 cm³/mol. The Hall–Kier alpha value is -3.85. The Labute approximate surface area is 168 Å². The molecule has 2 aliphatic rings. The fourth-order valence-electron chi connectivity index (χ4n) is 4.26. The van der Waals surface area contributed by atoms with E-state index in [-0.39, 0.29) is 0 Å². The Bertz CT molecular complexity index is 1450. The summed E-state index contributed by atoms with van der Waals surface area (Å²) in [5.41, 5.74) is 5.98. The molecular formula is C26H17N3. The lowest BCUT2D eigenvalue weighted by atomic mass is 9.91. The predicted octanol–water partition coefficient (Wildman–Crippen LogP) is 4.40. The van der Waals surface area contributed by atoms with Crippen molar-refractivity contribution in [1.29, 1.82) is 0 Å². The van der Waals surface area contributed by atoms with Crippen LogP contribution in [0.1, 0.15) is 0 Å². The Morgan fingerprint density at radius 1 is 0.655 bits per heavy atom. The van der Waals surface area contributed by atoms with E-state index < -0.39 is 0 Å². The molecule has 0 saturated carbocycles. The summed E-state index contributed by atoms with van der Waals surface area (Å²) in [5, 5.41) is 4.60. The monoisotopic (exact) mass is 371 g/mol. The molecule has 3 nitrogen and oxygen atoms in total. The standard InChI is InChI=1S/C26H17N3/c1-3-7-17(8-4-1)19-13-21(18-9-5-2-6-10-18)20-11-12-24-25(22(20)14-19)23-15-27-16-28-26(23)29-24/h1-14,16H,15H2. The molecule has 4 aromatic rings. The Balaban J connectivity index is 1.77. The third kappa shape index (κ3) is 2.55. The van der Waals surface area contributed by atoms with Gasteiger partial charge < -0.3 is 0 Å². The average Bonchev–Trinajstić information content (AvgIpc) is 3.18. The summed E-state index contributed by atoms with van der Waals surface area (Å²) in [6.07, 6.45) is 1.61. The van der Waals surface area contributed by atoms with Crippen molar-refractivity contribution in [1.82, 2.24) is 0 Å². The molecule has 0 atom stereocenters. The molecule has 0 unspecified atom stereocenters. The van der Waals surface area contributed by atoms with Gasteiger partial charge in [0, 0.05) is 10.8 Å². The molecule has 0 aromatic heterocycles.